The number of aromatic nitrogens is 2. The number of fused-ring (bicyclic) bond motifs is 1. The number of morpholine rings is 1. The van der Waals surface area contributed by atoms with Gasteiger partial charge in [0.1, 0.15) is 16.9 Å². The van der Waals surface area contributed by atoms with Crippen molar-refractivity contribution in [1.82, 2.24) is 14.9 Å². The van der Waals surface area contributed by atoms with E-state index in [0.29, 0.717) is 35.7 Å². The number of rotatable bonds is 4. The van der Waals surface area contributed by atoms with Crippen molar-refractivity contribution in [2.45, 2.75) is 45.5 Å². The molecule has 180 valence electrons. The topological polar surface area (TPSA) is 88.7 Å². The van der Waals surface area contributed by atoms with Crippen LogP contribution in [0, 0.1) is 0 Å². The third kappa shape index (κ3) is 4.70. The second kappa shape index (κ2) is 8.91. The van der Waals surface area contributed by atoms with E-state index in [2.05, 4.69) is 9.97 Å². The van der Waals surface area contributed by atoms with Crippen LogP contribution >= 0.6 is 0 Å². The lowest BCUT2D eigenvalue weighted by molar-refractivity contribution is -0.0586. The van der Waals surface area contributed by atoms with Crippen molar-refractivity contribution in [2.75, 3.05) is 13.1 Å². The van der Waals surface area contributed by atoms with Gasteiger partial charge in [-0.3, -0.25) is 14.8 Å². The first-order valence-electron chi connectivity index (χ1n) is 11.8. The highest BCUT2D eigenvalue weighted by Crippen LogP contribution is 2.34. The summed E-state index contributed by atoms with van der Waals surface area (Å²) in [7, 11) is 0. The smallest absolute Gasteiger partial charge is 0.254 e. The second-order valence-corrected chi connectivity index (χ2v) is 9.72. The first-order valence-corrected chi connectivity index (χ1v) is 11.8. The molecule has 1 aromatic carbocycles. The van der Waals surface area contributed by atoms with E-state index in [1.807, 2.05) is 67.3 Å². The zero-order chi connectivity index (χ0) is 24.7. The average molecular weight is 472 g/mol. The number of aliphatic hydroxyl groups is 1. The number of benzene rings is 1. The molecule has 1 saturated heterocycles. The molecule has 0 aliphatic carbocycles. The van der Waals surface area contributed by atoms with Gasteiger partial charge in [-0.25, -0.2) is 0 Å². The van der Waals surface area contributed by atoms with Crippen molar-refractivity contribution in [1.29, 1.82) is 0 Å². The molecule has 2 atom stereocenters. The number of carbonyl (C=O) groups excluding carboxylic acids is 1. The van der Waals surface area contributed by atoms with Gasteiger partial charge in [0.05, 0.1) is 17.9 Å². The van der Waals surface area contributed by atoms with Gasteiger partial charge in [0.15, 0.2) is 5.58 Å². The Labute approximate surface area is 204 Å². The summed E-state index contributed by atoms with van der Waals surface area (Å²) in [5.74, 6) is 0.678. The Balaban J connectivity index is 1.44. The summed E-state index contributed by atoms with van der Waals surface area (Å²) in [4.78, 5) is 23.6. The van der Waals surface area contributed by atoms with Crippen molar-refractivity contribution >= 4 is 17.0 Å². The molecular weight excluding hydrogens is 442 g/mol. The summed E-state index contributed by atoms with van der Waals surface area (Å²) in [6.45, 7) is 8.57. The number of pyridine rings is 2. The maximum atomic E-state index is 13.0. The zero-order valence-corrected chi connectivity index (χ0v) is 20.4. The van der Waals surface area contributed by atoms with Crippen LogP contribution in [-0.4, -0.2) is 51.2 Å². The lowest BCUT2D eigenvalue weighted by Gasteiger charge is -2.35. The lowest BCUT2D eigenvalue weighted by Crippen LogP contribution is -2.48. The number of furan rings is 1. The van der Waals surface area contributed by atoms with E-state index < -0.39 is 5.60 Å². The molecule has 0 radical (unpaired) electrons. The Bertz CT molecular complexity index is 1360. The molecule has 1 amide bonds. The summed E-state index contributed by atoms with van der Waals surface area (Å²) >= 11 is 0. The summed E-state index contributed by atoms with van der Waals surface area (Å²) < 4.78 is 12.0. The predicted molar refractivity (Wildman–Crippen MR) is 134 cm³/mol. The third-order valence-corrected chi connectivity index (χ3v) is 6.23. The Kier molecular flexibility index (Phi) is 5.91. The number of carbonyl (C=O) groups is 1. The first-order chi connectivity index (χ1) is 16.7. The lowest BCUT2D eigenvalue weighted by atomic mass is 10.00. The summed E-state index contributed by atoms with van der Waals surface area (Å²) in [5, 5.41) is 10.4. The summed E-state index contributed by atoms with van der Waals surface area (Å²) in [6.07, 6.45) is 3.48. The van der Waals surface area contributed by atoms with Gasteiger partial charge in [-0.05, 0) is 63.6 Å². The minimum absolute atomic E-state index is 0.00686. The zero-order valence-electron chi connectivity index (χ0n) is 20.4. The first kappa shape index (κ1) is 23.2. The molecule has 1 N–H and O–H groups in total. The Hall–Kier alpha value is -3.55. The van der Waals surface area contributed by atoms with Gasteiger partial charge in [-0.2, -0.15) is 0 Å². The van der Waals surface area contributed by atoms with Gasteiger partial charge >= 0.3 is 0 Å². The number of nitrogens with zero attached hydrogens (tertiary/aromatic N) is 3. The quantitative estimate of drug-likeness (QED) is 0.449. The van der Waals surface area contributed by atoms with E-state index in [1.54, 1.807) is 26.2 Å². The molecule has 0 spiro atoms. The van der Waals surface area contributed by atoms with Gasteiger partial charge in [-0.15, -0.1) is 0 Å². The Morgan fingerprint density at radius 1 is 0.971 bits per heavy atom. The normalized spacial score (nSPS) is 18.7. The SMILES string of the molecule is C[C@@H]1CN(C(=O)c2ccc(-c3cc4nccc(-c5ccnc(C(C)(C)O)c5)c4o3)cc2)C[C@H](C)O1. The Morgan fingerprint density at radius 2 is 1.66 bits per heavy atom. The highest BCUT2D eigenvalue weighted by Gasteiger charge is 2.26. The summed E-state index contributed by atoms with van der Waals surface area (Å²) in [5.41, 5.74) is 4.18. The molecule has 35 heavy (non-hydrogen) atoms. The molecule has 3 aromatic heterocycles. The van der Waals surface area contributed by atoms with Crippen molar-refractivity contribution in [3.63, 3.8) is 0 Å². The molecule has 0 saturated carbocycles. The van der Waals surface area contributed by atoms with Crippen LogP contribution in [0.25, 0.3) is 33.6 Å². The monoisotopic (exact) mass is 471 g/mol. The molecule has 5 rings (SSSR count). The average Bonchev–Trinajstić information content (AvgIpc) is 3.27. The van der Waals surface area contributed by atoms with Crippen LogP contribution in [-0.2, 0) is 10.3 Å². The molecule has 0 bridgehead atoms. The van der Waals surface area contributed by atoms with Crippen LogP contribution in [0.15, 0.2) is 65.3 Å². The van der Waals surface area contributed by atoms with Crippen molar-refractivity contribution in [3.8, 4) is 22.5 Å². The molecule has 1 aliphatic rings. The van der Waals surface area contributed by atoms with Crippen molar-refractivity contribution in [3.05, 3.63) is 72.2 Å². The molecular formula is C28H29N3O4. The van der Waals surface area contributed by atoms with E-state index in [9.17, 15) is 9.90 Å². The fraction of sp³-hybridized carbons (Fsp3) is 0.321. The number of hydrogen-bond donors (Lipinski definition) is 1. The van der Waals surface area contributed by atoms with Crippen LogP contribution in [0.4, 0.5) is 0 Å². The maximum Gasteiger partial charge on any atom is 0.254 e. The molecule has 7 heteroatoms. The minimum atomic E-state index is -1.05. The molecule has 7 nitrogen and oxygen atoms in total. The molecule has 4 heterocycles. The fourth-order valence-corrected chi connectivity index (χ4v) is 4.54. The standard InChI is InChI=1S/C28H29N3O4/c1-17-15-31(16-18(2)34-17)27(32)20-7-5-19(6-8-20)24-14-23-26(35-24)22(10-12-29-23)21-9-11-30-25(13-21)28(3,4)33/h5-14,17-18,33H,15-16H2,1-4H3/t17-,18+. The fourth-order valence-electron chi connectivity index (χ4n) is 4.54. The second-order valence-electron chi connectivity index (χ2n) is 9.72. The van der Waals surface area contributed by atoms with E-state index in [0.717, 1.165) is 22.2 Å². The number of hydrogen-bond acceptors (Lipinski definition) is 6. The Morgan fingerprint density at radius 3 is 2.34 bits per heavy atom. The van der Waals surface area contributed by atoms with Crippen molar-refractivity contribution in [2.24, 2.45) is 0 Å². The highest BCUT2D eigenvalue weighted by molar-refractivity contribution is 5.95. The van der Waals surface area contributed by atoms with Crippen LogP contribution in [0.1, 0.15) is 43.7 Å². The van der Waals surface area contributed by atoms with Gasteiger partial charge in [0.25, 0.3) is 5.91 Å². The van der Waals surface area contributed by atoms with E-state index in [4.69, 9.17) is 9.15 Å². The van der Waals surface area contributed by atoms with Gasteiger partial charge in [0.2, 0.25) is 0 Å². The maximum absolute atomic E-state index is 13.0. The number of amides is 1. The molecule has 0 unspecified atom stereocenters. The molecule has 4 aromatic rings. The summed E-state index contributed by atoms with van der Waals surface area (Å²) in [6, 6.07) is 15.0. The predicted octanol–water partition coefficient (Wildman–Crippen LogP) is 5.03. The third-order valence-electron chi connectivity index (χ3n) is 6.23. The highest BCUT2D eigenvalue weighted by atomic mass is 16.5. The van der Waals surface area contributed by atoms with Crippen LogP contribution in [0.5, 0.6) is 0 Å². The van der Waals surface area contributed by atoms with Gasteiger partial charge in [0, 0.05) is 48.2 Å². The largest absolute Gasteiger partial charge is 0.454 e. The van der Waals surface area contributed by atoms with Crippen LogP contribution in [0.2, 0.25) is 0 Å². The minimum Gasteiger partial charge on any atom is -0.454 e. The van der Waals surface area contributed by atoms with Crippen LogP contribution < -0.4 is 0 Å². The number of ether oxygens (including phenoxy) is 1. The van der Waals surface area contributed by atoms with E-state index in [-0.39, 0.29) is 18.1 Å². The van der Waals surface area contributed by atoms with Crippen LogP contribution in [0.3, 0.4) is 0 Å². The van der Waals surface area contributed by atoms with Gasteiger partial charge in [-0.1, -0.05) is 12.1 Å². The van der Waals surface area contributed by atoms with Crippen molar-refractivity contribution < 1.29 is 19.1 Å². The van der Waals surface area contributed by atoms with E-state index >= 15 is 0 Å². The van der Waals surface area contributed by atoms with E-state index in [1.165, 1.54) is 0 Å². The molecule has 1 fully saturated rings. The molecule has 1 aliphatic heterocycles. The van der Waals surface area contributed by atoms with Gasteiger partial charge < -0.3 is 19.2 Å².